The lowest BCUT2D eigenvalue weighted by Gasteiger charge is -2.36. The van der Waals surface area contributed by atoms with Gasteiger partial charge in [0.05, 0.1) is 6.61 Å². The molecule has 0 aromatic heterocycles. The Kier molecular flexibility index (Phi) is 5.47. The average molecular weight is 356 g/mol. The lowest BCUT2D eigenvalue weighted by Crippen LogP contribution is -2.49. The molecule has 0 aliphatic carbocycles. The minimum absolute atomic E-state index is 0.0272. The van der Waals surface area contributed by atoms with E-state index in [0.29, 0.717) is 19.7 Å². The Morgan fingerprint density at radius 3 is 2.62 bits per heavy atom. The predicted octanol–water partition coefficient (Wildman–Crippen LogP) is 2.75. The van der Waals surface area contributed by atoms with Crippen molar-refractivity contribution in [2.75, 3.05) is 37.7 Å². The minimum Gasteiger partial charge on any atom is -0.450 e. The molecule has 1 amide bonds. The molecule has 0 spiro atoms. The van der Waals surface area contributed by atoms with Gasteiger partial charge in [-0.1, -0.05) is 15.9 Å². The Hall–Kier alpha value is -1.27. The third-order valence-corrected chi connectivity index (χ3v) is 4.12. The fourth-order valence-electron chi connectivity index (χ4n) is 2.52. The summed E-state index contributed by atoms with van der Waals surface area (Å²) in [4.78, 5) is 15.8. The summed E-state index contributed by atoms with van der Waals surface area (Å²) >= 11 is 3.49. The Labute approximate surface area is 134 Å². The number of carbonyl (C=O) groups is 1. The van der Waals surface area contributed by atoms with Gasteiger partial charge in [-0.2, -0.15) is 0 Å². The number of carbonyl (C=O) groups excluding carboxylic acids is 1. The highest BCUT2D eigenvalue weighted by Crippen LogP contribution is 2.29. The highest BCUT2D eigenvalue weighted by Gasteiger charge is 2.23. The molecule has 2 N–H and O–H groups in total. The van der Waals surface area contributed by atoms with E-state index < -0.39 is 0 Å². The van der Waals surface area contributed by atoms with Gasteiger partial charge >= 0.3 is 6.09 Å². The molecule has 1 atom stereocenters. The van der Waals surface area contributed by atoms with Crippen LogP contribution in [0.25, 0.3) is 0 Å². The number of nitrogens with two attached hydrogens (primary N) is 1. The van der Waals surface area contributed by atoms with Crippen molar-refractivity contribution in [3.63, 3.8) is 0 Å². The first-order valence-electron chi connectivity index (χ1n) is 7.24. The van der Waals surface area contributed by atoms with Crippen LogP contribution in [0.2, 0.25) is 0 Å². The van der Waals surface area contributed by atoms with Crippen LogP contribution in [0.15, 0.2) is 22.7 Å². The van der Waals surface area contributed by atoms with Gasteiger partial charge in [0.15, 0.2) is 0 Å². The second-order valence-electron chi connectivity index (χ2n) is 5.16. The van der Waals surface area contributed by atoms with Crippen molar-refractivity contribution in [2.24, 2.45) is 5.73 Å². The van der Waals surface area contributed by atoms with E-state index in [2.05, 4.69) is 33.0 Å². The molecule has 116 valence electrons. The summed E-state index contributed by atoms with van der Waals surface area (Å²) in [6, 6.07) is 6.15. The van der Waals surface area contributed by atoms with E-state index in [0.717, 1.165) is 28.8 Å². The normalized spacial score (nSPS) is 16.8. The van der Waals surface area contributed by atoms with Crippen molar-refractivity contribution in [3.05, 3.63) is 28.2 Å². The maximum absolute atomic E-state index is 11.7. The third kappa shape index (κ3) is 3.89. The van der Waals surface area contributed by atoms with Crippen LogP contribution < -0.4 is 10.6 Å². The van der Waals surface area contributed by atoms with E-state index in [1.807, 2.05) is 19.9 Å². The molecule has 0 bridgehead atoms. The molecule has 1 heterocycles. The molecule has 1 aliphatic rings. The summed E-state index contributed by atoms with van der Waals surface area (Å²) in [6.07, 6.45) is -0.222. The predicted molar refractivity (Wildman–Crippen MR) is 87.6 cm³/mol. The molecule has 2 rings (SSSR count). The first kappa shape index (κ1) is 16.1. The number of halogens is 1. The number of rotatable bonds is 3. The van der Waals surface area contributed by atoms with E-state index in [1.54, 1.807) is 4.90 Å². The van der Waals surface area contributed by atoms with Crippen molar-refractivity contribution in [1.29, 1.82) is 0 Å². The standard InChI is InChI=1S/C15H22BrN3O2/c1-3-21-15(20)19-8-6-18(7-9-19)14-5-4-12(16)10-13(14)11(2)17/h4-5,10-11H,3,6-9,17H2,1-2H3. The van der Waals surface area contributed by atoms with Crippen molar-refractivity contribution in [2.45, 2.75) is 19.9 Å². The highest BCUT2D eigenvalue weighted by molar-refractivity contribution is 9.10. The van der Waals surface area contributed by atoms with Gasteiger partial charge in [0.2, 0.25) is 0 Å². The van der Waals surface area contributed by atoms with Gasteiger partial charge in [0, 0.05) is 42.4 Å². The highest BCUT2D eigenvalue weighted by atomic mass is 79.9. The smallest absolute Gasteiger partial charge is 0.409 e. The maximum Gasteiger partial charge on any atom is 0.409 e. The lowest BCUT2D eigenvalue weighted by molar-refractivity contribution is 0.105. The van der Waals surface area contributed by atoms with E-state index in [1.165, 1.54) is 0 Å². The number of nitrogens with zero attached hydrogens (tertiary/aromatic N) is 2. The molecule has 5 nitrogen and oxygen atoms in total. The molecule has 1 aromatic rings. The van der Waals surface area contributed by atoms with E-state index in [4.69, 9.17) is 10.5 Å². The average Bonchev–Trinajstić information content (AvgIpc) is 2.47. The van der Waals surface area contributed by atoms with Crippen molar-refractivity contribution in [3.8, 4) is 0 Å². The molecular weight excluding hydrogens is 334 g/mol. The van der Waals surface area contributed by atoms with Crippen LogP contribution in [0.3, 0.4) is 0 Å². The van der Waals surface area contributed by atoms with Crippen LogP contribution in [0, 0.1) is 0 Å². The van der Waals surface area contributed by atoms with Gasteiger partial charge in [0.25, 0.3) is 0 Å². The summed E-state index contributed by atoms with van der Waals surface area (Å²) in [6.45, 7) is 7.16. The Morgan fingerprint density at radius 2 is 2.05 bits per heavy atom. The van der Waals surface area contributed by atoms with Crippen molar-refractivity contribution < 1.29 is 9.53 Å². The summed E-state index contributed by atoms with van der Waals surface area (Å²) in [7, 11) is 0. The summed E-state index contributed by atoms with van der Waals surface area (Å²) in [5.74, 6) is 0. The zero-order chi connectivity index (χ0) is 15.4. The molecule has 1 aliphatic heterocycles. The second kappa shape index (κ2) is 7.13. The number of anilines is 1. The second-order valence-corrected chi connectivity index (χ2v) is 6.08. The van der Waals surface area contributed by atoms with Crippen LogP contribution in [-0.4, -0.2) is 43.8 Å². The molecule has 6 heteroatoms. The molecule has 0 radical (unpaired) electrons. The molecule has 1 aromatic carbocycles. The summed E-state index contributed by atoms with van der Waals surface area (Å²) in [5, 5.41) is 0. The van der Waals surface area contributed by atoms with Crippen molar-refractivity contribution in [1.82, 2.24) is 4.90 Å². The Bertz CT molecular complexity index is 500. The summed E-state index contributed by atoms with van der Waals surface area (Å²) < 4.78 is 6.07. The van der Waals surface area contributed by atoms with Crippen LogP contribution in [0.5, 0.6) is 0 Å². The topological polar surface area (TPSA) is 58.8 Å². The molecule has 21 heavy (non-hydrogen) atoms. The minimum atomic E-state index is -0.222. The molecular formula is C15H22BrN3O2. The molecule has 1 fully saturated rings. The first-order chi connectivity index (χ1) is 10.0. The van der Waals surface area contributed by atoms with Crippen LogP contribution in [0.4, 0.5) is 10.5 Å². The fourth-order valence-corrected chi connectivity index (χ4v) is 2.90. The third-order valence-electron chi connectivity index (χ3n) is 3.63. The van der Waals surface area contributed by atoms with Gasteiger partial charge < -0.3 is 20.3 Å². The molecule has 0 saturated carbocycles. The van der Waals surface area contributed by atoms with E-state index in [-0.39, 0.29) is 12.1 Å². The number of ether oxygens (including phenoxy) is 1. The number of amides is 1. The summed E-state index contributed by atoms with van der Waals surface area (Å²) in [5.41, 5.74) is 8.34. The zero-order valence-corrected chi connectivity index (χ0v) is 14.1. The van der Waals surface area contributed by atoms with Gasteiger partial charge in [-0.15, -0.1) is 0 Å². The Balaban J connectivity index is 2.07. The van der Waals surface area contributed by atoms with Gasteiger partial charge in [-0.3, -0.25) is 0 Å². The van der Waals surface area contributed by atoms with Crippen LogP contribution in [0.1, 0.15) is 25.5 Å². The molecule has 1 unspecified atom stereocenters. The van der Waals surface area contributed by atoms with E-state index >= 15 is 0 Å². The number of piperazine rings is 1. The van der Waals surface area contributed by atoms with Crippen LogP contribution >= 0.6 is 15.9 Å². The fraction of sp³-hybridized carbons (Fsp3) is 0.533. The molecule has 1 saturated heterocycles. The lowest BCUT2D eigenvalue weighted by atomic mass is 10.1. The van der Waals surface area contributed by atoms with Gasteiger partial charge in [0.1, 0.15) is 0 Å². The number of hydrogen-bond acceptors (Lipinski definition) is 4. The van der Waals surface area contributed by atoms with Gasteiger partial charge in [-0.05, 0) is 37.6 Å². The zero-order valence-electron chi connectivity index (χ0n) is 12.5. The SMILES string of the molecule is CCOC(=O)N1CCN(c2ccc(Br)cc2C(C)N)CC1. The quantitative estimate of drug-likeness (QED) is 0.905. The van der Waals surface area contributed by atoms with Crippen LogP contribution in [-0.2, 0) is 4.74 Å². The Morgan fingerprint density at radius 1 is 1.38 bits per heavy atom. The van der Waals surface area contributed by atoms with E-state index in [9.17, 15) is 4.79 Å². The maximum atomic E-state index is 11.7. The monoisotopic (exact) mass is 355 g/mol. The number of benzene rings is 1. The first-order valence-corrected chi connectivity index (χ1v) is 8.04. The van der Waals surface area contributed by atoms with Gasteiger partial charge in [-0.25, -0.2) is 4.79 Å². The largest absolute Gasteiger partial charge is 0.450 e. The number of hydrogen-bond donors (Lipinski definition) is 1. The van der Waals surface area contributed by atoms with Crippen molar-refractivity contribution >= 4 is 27.7 Å².